The Kier molecular flexibility index (Phi) is 5.17. The summed E-state index contributed by atoms with van der Waals surface area (Å²) >= 11 is 1.73. The van der Waals surface area contributed by atoms with E-state index in [0.29, 0.717) is 6.04 Å². The van der Waals surface area contributed by atoms with E-state index in [9.17, 15) is 0 Å². The standard InChI is InChI=1S/C18H26N2S/c1-13-20-17(12-21-13)11-16(19-5)10-14-6-8-15(9-7-14)18(2,3)4/h6-9,12,16,19H,10-11H2,1-5H3. The Morgan fingerprint density at radius 1 is 1.14 bits per heavy atom. The van der Waals surface area contributed by atoms with Crippen molar-refractivity contribution >= 4 is 11.3 Å². The van der Waals surface area contributed by atoms with E-state index in [4.69, 9.17) is 0 Å². The number of likely N-dealkylation sites (N-methyl/N-ethyl adjacent to an activating group) is 1. The molecule has 2 rings (SSSR count). The molecule has 3 heteroatoms. The van der Waals surface area contributed by atoms with Gasteiger partial charge in [0.2, 0.25) is 0 Å². The number of benzene rings is 1. The van der Waals surface area contributed by atoms with E-state index in [1.807, 2.05) is 7.05 Å². The molecule has 0 aliphatic heterocycles. The smallest absolute Gasteiger partial charge is 0.0897 e. The summed E-state index contributed by atoms with van der Waals surface area (Å²) in [6, 6.07) is 9.48. The van der Waals surface area contributed by atoms with Gasteiger partial charge in [-0.15, -0.1) is 11.3 Å². The fraction of sp³-hybridized carbons (Fsp3) is 0.500. The Morgan fingerprint density at radius 2 is 1.81 bits per heavy atom. The van der Waals surface area contributed by atoms with Crippen molar-refractivity contribution in [2.24, 2.45) is 0 Å². The maximum Gasteiger partial charge on any atom is 0.0897 e. The van der Waals surface area contributed by atoms with E-state index in [-0.39, 0.29) is 5.41 Å². The SMILES string of the molecule is CNC(Cc1ccc(C(C)(C)C)cc1)Cc1csc(C)n1. The van der Waals surface area contributed by atoms with Crippen molar-refractivity contribution in [1.82, 2.24) is 10.3 Å². The van der Waals surface area contributed by atoms with Gasteiger partial charge in [-0.1, -0.05) is 45.0 Å². The van der Waals surface area contributed by atoms with Crippen molar-refractivity contribution < 1.29 is 0 Å². The maximum atomic E-state index is 4.56. The molecule has 0 amide bonds. The van der Waals surface area contributed by atoms with E-state index < -0.39 is 0 Å². The van der Waals surface area contributed by atoms with Gasteiger partial charge in [0.15, 0.2) is 0 Å². The molecule has 0 fully saturated rings. The van der Waals surface area contributed by atoms with Crippen LogP contribution in [0.3, 0.4) is 0 Å². The Hall–Kier alpha value is -1.19. The highest BCUT2D eigenvalue weighted by atomic mass is 32.1. The molecule has 0 bridgehead atoms. The third-order valence-electron chi connectivity index (χ3n) is 3.83. The van der Waals surface area contributed by atoms with Crippen LogP contribution in [0, 0.1) is 6.92 Å². The summed E-state index contributed by atoms with van der Waals surface area (Å²) < 4.78 is 0. The number of hydrogen-bond acceptors (Lipinski definition) is 3. The third kappa shape index (κ3) is 4.65. The molecule has 0 saturated heterocycles. The highest BCUT2D eigenvalue weighted by Crippen LogP contribution is 2.22. The first-order chi connectivity index (χ1) is 9.88. The number of rotatable bonds is 5. The summed E-state index contributed by atoms with van der Waals surface area (Å²) in [5, 5.41) is 6.73. The van der Waals surface area contributed by atoms with Crippen LogP contribution >= 0.6 is 11.3 Å². The van der Waals surface area contributed by atoms with Gasteiger partial charge in [-0.2, -0.15) is 0 Å². The highest BCUT2D eigenvalue weighted by Gasteiger charge is 2.14. The van der Waals surface area contributed by atoms with Gasteiger partial charge in [0.1, 0.15) is 0 Å². The van der Waals surface area contributed by atoms with Crippen LogP contribution in [0.15, 0.2) is 29.6 Å². The second-order valence-corrected chi connectivity index (χ2v) is 7.76. The van der Waals surface area contributed by atoms with Crippen molar-refractivity contribution in [3.05, 3.63) is 51.5 Å². The molecule has 0 radical (unpaired) electrons. The minimum Gasteiger partial charge on any atom is -0.316 e. The quantitative estimate of drug-likeness (QED) is 0.898. The first-order valence-corrected chi connectivity index (χ1v) is 8.44. The van der Waals surface area contributed by atoms with E-state index in [1.54, 1.807) is 11.3 Å². The molecule has 1 aromatic carbocycles. The third-order valence-corrected chi connectivity index (χ3v) is 4.65. The van der Waals surface area contributed by atoms with Gasteiger partial charge in [-0.3, -0.25) is 0 Å². The number of aryl methyl sites for hydroxylation is 1. The van der Waals surface area contributed by atoms with Gasteiger partial charge in [0, 0.05) is 17.8 Å². The van der Waals surface area contributed by atoms with Gasteiger partial charge >= 0.3 is 0 Å². The van der Waals surface area contributed by atoms with Gasteiger partial charge in [-0.05, 0) is 36.9 Å². The van der Waals surface area contributed by atoms with Crippen LogP contribution in [-0.4, -0.2) is 18.1 Å². The lowest BCUT2D eigenvalue weighted by Crippen LogP contribution is -2.30. The molecule has 0 aliphatic rings. The van der Waals surface area contributed by atoms with Crippen molar-refractivity contribution in [3.63, 3.8) is 0 Å². The summed E-state index contributed by atoms with van der Waals surface area (Å²) in [5.41, 5.74) is 4.19. The van der Waals surface area contributed by atoms with Crippen LogP contribution in [0.1, 0.15) is 42.6 Å². The molecular formula is C18H26N2S. The van der Waals surface area contributed by atoms with Crippen LogP contribution in [-0.2, 0) is 18.3 Å². The zero-order chi connectivity index (χ0) is 15.5. The molecular weight excluding hydrogens is 276 g/mol. The predicted octanol–water partition coefficient (Wildman–Crippen LogP) is 4.12. The summed E-state index contributed by atoms with van der Waals surface area (Å²) in [7, 11) is 2.04. The summed E-state index contributed by atoms with van der Waals surface area (Å²) in [6.07, 6.45) is 2.03. The molecule has 114 valence electrons. The molecule has 0 saturated carbocycles. The fourth-order valence-corrected chi connectivity index (χ4v) is 3.08. The molecule has 1 atom stereocenters. The summed E-state index contributed by atoms with van der Waals surface area (Å²) in [4.78, 5) is 4.56. The lowest BCUT2D eigenvalue weighted by molar-refractivity contribution is 0.550. The Morgan fingerprint density at radius 3 is 2.29 bits per heavy atom. The Labute approximate surface area is 132 Å². The molecule has 0 aliphatic carbocycles. The lowest BCUT2D eigenvalue weighted by Gasteiger charge is -2.20. The van der Waals surface area contributed by atoms with Crippen molar-refractivity contribution in [2.75, 3.05) is 7.05 Å². The number of thiazole rings is 1. The minimum atomic E-state index is 0.221. The van der Waals surface area contributed by atoms with Crippen LogP contribution in [0.25, 0.3) is 0 Å². The van der Waals surface area contributed by atoms with Gasteiger partial charge in [-0.25, -0.2) is 4.98 Å². The topological polar surface area (TPSA) is 24.9 Å². The van der Waals surface area contributed by atoms with Gasteiger partial charge in [0.25, 0.3) is 0 Å². The van der Waals surface area contributed by atoms with Crippen LogP contribution in [0.4, 0.5) is 0 Å². The van der Waals surface area contributed by atoms with Crippen molar-refractivity contribution in [1.29, 1.82) is 0 Å². The molecule has 1 aromatic heterocycles. The fourth-order valence-electron chi connectivity index (χ4n) is 2.46. The molecule has 1 N–H and O–H groups in total. The van der Waals surface area contributed by atoms with E-state index >= 15 is 0 Å². The molecule has 21 heavy (non-hydrogen) atoms. The molecule has 2 aromatic rings. The van der Waals surface area contributed by atoms with E-state index in [2.05, 4.69) is 67.6 Å². The molecule has 0 spiro atoms. The highest BCUT2D eigenvalue weighted by molar-refractivity contribution is 7.09. The van der Waals surface area contributed by atoms with Crippen molar-refractivity contribution in [2.45, 2.75) is 52.0 Å². The van der Waals surface area contributed by atoms with Gasteiger partial charge < -0.3 is 5.32 Å². The molecule has 1 heterocycles. The zero-order valence-corrected chi connectivity index (χ0v) is 14.6. The number of nitrogens with zero attached hydrogens (tertiary/aromatic N) is 1. The minimum absolute atomic E-state index is 0.221. The van der Waals surface area contributed by atoms with Crippen LogP contribution < -0.4 is 5.32 Å². The summed E-state index contributed by atoms with van der Waals surface area (Å²) in [6.45, 7) is 8.82. The zero-order valence-electron chi connectivity index (χ0n) is 13.7. The molecule has 2 nitrogen and oxygen atoms in total. The first-order valence-electron chi connectivity index (χ1n) is 7.56. The van der Waals surface area contributed by atoms with Crippen molar-refractivity contribution in [3.8, 4) is 0 Å². The number of nitrogens with one attached hydrogen (secondary N) is 1. The van der Waals surface area contributed by atoms with Gasteiger partial charge in [0.05, 0.1) is 10.7 Å². The van der Waals surface area contributed by atoms with Crippen LogP contribution in [0.5, 0.6) is 0 Å². The largest absolute Gasteiger partial charge is 0.316 e. The second kappa shape index (κ2) is 6.71. The second-order valence-electron chi connectivity index (χ2n) is 6.70. The van der Waals surface area contributed by atoms with E-state index in [0.717, 1.165) is 17.8 Å². The summed E-state index contributed by atoms with van der Waals surface area (Å²) in [5.74, 6) is 0. The number of aromatic nitrogens is 1. The predicted molar refractivity (Wildman–Crippen MR) is 92.2 cm³/mol. The first kappa shape index (κ1) is 16.2. The normalized spacial score (nSPS) is 13.4. The Bertz CT molecular complexity index is 564. The maximum absolute atomic E-state index is 4.56. The average Bonchev–Trinajstić information content (AvgIpc) is 2.83. The average molecular weight is 302 g/mol. The van der Waals surface area contributed by atoms with E-state index in [1.165, 1.54) is 16.8 Å². The molecule has 1 unspecified atom stereocenters. The lowest BCUT2D eigenvalue weighted by atomic mass is 9.86. The van der Waals surface area contributed by atoms with Crippen LogP contribution in [0.2, 0.25) is 0 Å². The number of hydrogen-bond donors (Lipinski definition) is 1. The monoisotopic (exact) mass is 302 g/mol. The Balaban J connectivity index is 2.01.